The number of hydrogen-bond acceptors (Lipinski definition) is 8. The van der Waals surface area contributed by atoms with Gasteiger partial charge in [0.1, 0.15) is 10.0 Å². The first-order chi connectivity index (χ1) is 15.7. The molecular weight excluding hydrogens is 458 g/mol. The Hall–Kier alpha value is -2.72. The molecule has 4 rings (SSSR count). The number of nitrogens with one attached hydrogen (secondary N) is 2. The molecule has 2 N–H and O–H groups in total. The molecule has 0 saturated heterocycles. The van der Waals surface area contributed by atoms with Gasteiger partial charge in [-0.2, -0.15) is 4.98 Å². The van der Waals surface area contributed by atoms with E-state index < -0.39 is 9.84 Å². The number of para-hydroxylation sites is 1. The number of aromatic nitrogens is 2. The number of nitrogens with zero attached hydrogens (tertiary/aromatic N) is 3. The third kappa shape index (κ3) is 5.62. The molecule has 0 aliphatic heterocycles. The van der Waals surface area contributed by atoms with Gasteiger partial charge in [0.2, 0.25) is 5.95 Å². The first-order valence-corrected chi connectivity index (χ1v) is 13.7. The predicted octanol–water partition coefficient (Wildman–Crippen LogP) is 3.56. The van der Waals surface area contributed by atoms with Crippen LogP contribution in [-0.4, -0.2) is 57.2 Å². The highest BCUT2D eigenvalue weighted by atomic mass is 32.2. The second kappa shape index (κ2) is 9.64. The number of carbonyl (C=O) groups excluding carboxylic acids is 1. The molecule has 0 atom stereocenters. The molecule has 0 bridgehead atoms. The molecule has 1 aliphatic rings. The number of sulfone groups is 1. The first kappa shape index (κ1) is 23.4. The molecule has 10 heteroatoms. The number of carbonyl (C=O) groups is 1. The van der Waals surface area contributed by atoms with Crippen LogP contribution in [0.25, 0.3) is 10.9 Å². The van der Waals surface area contributed by atoms with Gasteiger partial charge in [0, 0.05) is 38.3 Å². The van der Waals surface area contributed by atoms with Gasteiger partial charge in [-0.05, 0) is 55.9 Å². The molecule has 1 aromatic carbocycles. The van der Waals surface area contributed by atoms with Crippen LogP contribution < -0.4 is 15.5 Å². The van der Waals surface area contributed by atoms with Crippen molar-refractivity contribution >= 4 is 49.8 Å². The lowest BCUT2D eigenvalue weighted by Crippen LogP contribution is -2.34. The van der Waals surface area contributed by atoms with Crippen LogP contribution in [0.2, 0.25) is 0 Å². The summed E-state index contributed by atoms with van der Waals surface area (Å²) in [5.74, 6) is 1.73. The summed E-state index contributed by atoms with van der Waals surface area (Å²) in [5, 5.41) is 7.50. The molecule has 1 fully saturated rings. The van der Waals surface area contributed by atoms with Crippen molar-refractivity contribution in [2.45, 2.75) is 35.9 Å². The Labute approximate surface area is 198 Å². The van der Waals surface area contributed by atoms with Gasteiger partial charge in [0.05, 0.1) is 10.4 Å². The van der Waals surface area contributed by atoms with Crippen molar-refractivity contribution in [2.24, 2.45) is 5.92 Å². The molecule has 2 heterocycles. The van der Waals surface area contributed by atoms with Gasteiger partial charge in [-0.25, -0.2) is 13.4 Å². The maximum Gasteiger partial charge on any atom is 0.261 e. The van der Waals surface area contributed by atoms with Gasteiger partial charge in [-0.3, -0.25) is 4.79 Å². The highest BCUT2D eigenvalue weighted by Gasteiger charge is 2.23. The van der Waals surface area contributed by atoms with E-state index in [1.165, 1.54) is 6.07 Å². The molecule has 0 unspecified atom stereocenters. The zero-order chi connectivity index (χ0) is 23.6. The van der Waals surface area contributed by atoms with E-state index in [2.05, 4.69) is 10.6 Å². The molecule has 0 spiro atoms. The molecule has 33 heavy (non-hydrogen) atoms. The third-order valence-electron chi connectivity index (χ3n) is 5.91. The Kier molecular flexibility index (Phi) is 6.85. The summed E-state index contributed by atoms with van der Waals surface area (Å²) in [6.07, 6.45) is 5.09. The Bertz CT molecular complexity index is 1250. The largest absolute Gasteiger partial charge is 0.362 e. The SMILES string of the molecule is CN(C)c1nc(N[C@H]2CC[C@@H](CNC(=O)c3ccc(S(C)(=O)=O)s3)CC2)nc2ccccc12. The minimum atomic E-state index is -3.28. The van der Waals surface area contributed by atoms with Crippen LogP contribution in [0.4, 0.5) is 11.8 Å². The summed E-state index contributed by atoms with van der Waals surface area (Å²) in [5.41, 5.74) is 0.919. The number of fused-ring (bicyclic) bond motifs is 1. The van der Waals surface area contributed by atoms with Crippen LogP contribution in [0.5, 0.6) is 0 Å². The molecular formula is C23H29N5O3S2. The quantitative estimate of drug-likeness (QED) is 0.525. The van der Waals surface area contributed by atoms with Crippen molar-refractivity contribution in [2.75, 3.05) is 37.1 Å². The Balaban J connectivity index is 1.30. The van der Waals surface area contributed by atoms with E-state index in [4.69, 9.17) is 9.97 Å². The van der Waals surface area contributed by atoms with E-state index in [0.717, 1.165) is 60.0 Å². The summed E-state index contributed by atoms with van der Waals surface area (Å²) >= 11 is 1.01. The van der Waals surface area contributed by atoms with E-state index in [1.807, 2.05) is 43.3 Å². The average Bonchev–Trinajstić information content (AvgIpc) is 3.29. The normalized spacial score (nSPS) is 18.8. The fraction of sp³-hybridized carbons (Fsp3) is 0.435. The van der Waals surface area contributed by atoms with Crippen molar-refractivity contribution in [1.29, 1.82) is 0 Å². The van der Waals surface area contributed by atoms with Crippen molar-refractivity contribution in [3.05, 3.63) is 41.3 Å². The van der Waals surface area contributed by atoms with Gasteiger partial charge in [-0.1, -0.05) is 12.1 Å². The highest BCUT2D eigenvalue weighted by molar-refractivity contribution is 7.92. The second-order valence-corrected chi connectivity index (χ2v) is 12.1. The molecule has 176 valence electrons. The summed E-state index contributed by atoms with van der Waals surface area (Å²) < 4.78 is 23.4. The smallest absolute Gasteiger partial charge is 0.261 e. The van der Waals surface area contributed by atoms with E-state index in [0.29, 0.717) is 29.3 Å². The summed E-state index contributed by atoms with van der Waals surface area (Å²) in [6.45, 7) is 0.592. The van der Waals surface area contributed by atoms with Crippen molar-refractivity contribution < 1.29 is 13.2 Å². The predicted molar refractivity (Wildman–Crippen MR) is 133 cm³/mol. The number of anilines is 2. The van der Waals surface area contributed by atoms with Gasteiger partial charge >= 0.3 is 0 Å². The zero-order valence-corrected chi connectivity index (χ0v) is 20.7. The van der Waals surface area contributed by atoms with Crippen LogP contribution in [0, 0.1) is 5.92 Å². The zero-order valence-electron chi connectivity index (χ0n) is 19.0. The van der Waals surface area contributed by atoms with Crippen molar-refractivity contribution in [3.63, 3.8) is 0 Å². The second-order valence-electron chi connectivity index (χ2n) is 8.75. The highest BCUT2D eigenvalue weighted by Crippen LogP contribution is 2.28. The Morgan fingerprint density at radius 1 is 1.09 bits per heavy atom. The van der Waals surface area contributed by atoms with Gasteiger partial charge in [0.15, 0.2) is 9.84 Å². The van der Waals surface area contributed by atoms with Gasteiger partial charge < -0.3 is 15.5 Å². The van der Waals surface area contributed by atoms with E-state index in [9.17, 15) is 13.2 Å². The van der Waals surface area contributed by atoms with Crippen LogP contribution in [-0.2, 0) is 9.84 Å². The molecule has 0 radical (unpaired) electrons. The maximum absolute atomic E-state index is 12.4. The monoisotopic (exact) mass is 487 g/mol. The number of thiophene rings is 1. The topological polar surface area (TPSA) is 104 Å². The minimum Gasteiger partial charge on any atom is -0.362 e. The molecule has 3 aromatic rings. The Morgan fingerprint density at radius 2 is 1.82 bits per heavy atom. The van der Waals surface area contributed by atoms with Crippen molar-refractivity contribution in [3.8, 4) is 0 Å². The molecule has 1 amide bonds. The fourth-order valence-electron chi connectivity index (χ4n) is 4.12. The average molecular weight is 488 g/mol. The van der Waals surface area contributed by atoms with E-state index >= 15 is 0 Å². The van der Waals surface area contributed by atoms with E-state index in [-0.39, 0.29) is 10.1 Å². The van der Waals surface area contributed by atoms with E-state index in [1.54, 1.807) is 6.07 Å². The summed E-state index contributed by atoms with van der Waals surface area (Å²) in [7, 11) is 0.681. The number of benzene rings is 1. The lowest BCUT2D eigenvalue weighted by atomic mass is 9.86. The number of rotatable bonds is 7. The Morgan fingerprint density at radius 3 is 2.48 bits per heavy atom. The lowest BCUT2D eigenvalue weighted by molar-refractivity contribution is 0.0947. The number of hydrogen-bond donors (Lipinski definition) is 2. The van der Waals surface area contributed by atoms with Crippen LogP contribution in [0.15, 0.2) is 40.6 Å². The molecule has 1 aliphatic carbocycles. The van der Waals surface area contributed by atoms with Crippen LogP contribution >= 0.6 is 11.3 Å². The number of amides is 1. The van der Waals surface area contributed by atoms with Crippen LogP contribution in [0.3, 0.4) is 0 Å². The summed E-state index contributed by atoms with van der Waals surface area (Å²) in [4.78, 5) is 24.3. The fourth-order valence-corrected chi connectivity index (χ4v) is 5.97. The molecule has 1 saturated carbocycles. The standard InChI is InChI=1S/C23H29N5O3S2/c1-28(2)21-17-6-4-5-7-18(17)26-23(27-21)25-16-10-8-15(9-11-16)14-24-22(29)19-12-13-20(32-19)33(3,30)31/h4-7,12-13,15-16H,8-11,14H2,1-3H3,(H,24,29)(H,25,26,27)/t15-,16+. The molecule has 8 nitrogen and oxygen atoms in total. The maximum atomic E-state index is 12.4. The third-order valence-corrected chi connectivity index (χ3v) is 8.81. The van der Waals surface area contributed by atoms with Crippen molar-refractivity contribution in [1.82, 2.24) is 15.3 Å². The molecule has 2 aromatic heterocycles. The minimum absolute atomic E-state index is 0.212. The lowest BCUT2D eigenvalue weighted by Gasteiger charge is -2.29. The summed E-state index contributed by atoms with van der Waals surface area (Å²) in [6, 6.07) is 11.4. The van der Waals surface area contributed by atoms with Gasteiger partial charge in [-0.15, -0.1) is 11.3 Å². The van der Waals surface area contributed by atoms with Gasteiger partial charge in [0.25, 0.3) is 5.91 Å². The first-order valence-electron chi connectivity index (χ1n) is 11.0. The van der Waals surface area contributed by atoms with Crippen LogP contribution in [0.1, 0.15) is 35.4 Å².